The Balaban J connectivity index is 0.945. The summed E-state index contributed by atoms with van der Waals surface area (Å²) in [5.41, 5.74) is 16.4. The van der Waals surface area contributed by atoms with Crippen LogP contribution in [0.1, 0.15) is 22.9 Å². The summed E-state index contributed by atoms with van der Waals surface area (Å²) in [5.74, 6) is 2.38. The molecule has 5 nitrogen and oxygen atoms in total. The van der Waals surface area contributed by atoms with Crippen molar-refractivity contribution in [3.8, 4) is 61.6 Å². The molecule has 1 N–H and O–H groups in total. The van der Waals surface area contributed by atoms with Crippen LogP contribution in [0.4, 0.5) is 0 Å². The van der Waals surface area contributed by atoms with E-state index in [0.717, 1.165) is 89.4 Å². The number of nitrogens with zero attached hydrogens (tertiary/aromatic N) is 4. The monoisotopic (exact) mass is 857 g/mol. The number of aliphatic imine (C=N–C) groups is 2. The van der Waals surface area contributed by atoms with Gasteiger partial charge in [-0.2, -0.15) is 0 Å². The van der Waals surface area contributed by atoms with Crippen molar-refractivity contribution in [3.63, 3.8) is 0 Å². The molecule has 1 unspecified atom stereocenters. The van der Waals surface area contributed by atoms with Crippen molar-refractivity contribution < 1.29 is 0 Å². The Morgan fingerprint density at radius 3 is 1.60 bits per heavy atom. The predicted molar refractivity (Wildman–Crippen MR) is 278 cm³/mol. The van der Waals surface area contributed by atoms with Gasteiger partial charge in [0, 0.05) is 22.4 Å². The molecule has 12 rings (SSSR count). The van der Waals surface area contributed by atoms with Gasteiger partial charge < -0.3 is 5.32 Å². The lowest BCUT2D eigenvalue weighted by Gasteiger charge is -2.25. The zero-order valence-corrected chi connectivity index (χ0v) is 36.5. The highest BCUT2D eigenvalue weighted by Crippen LogP contribution is 2.41. The number of hydrogen-bond donors (Lipinski definition) is 1. The van der Waals surface area contributed by atoms with E-state index in [2.05, 4.69) is 246 Å². The molecule has 0 fully saturated rings. The molecule has 0 saturated carbocycles. The number of amidine groups is 2. The molecular weight excluding hydrogens is 815 g/mol. The highest BCUT2D eigenvalue weighted by atomic mass is 15.2. The fraction of sp³-hybridized carbons (Fsp3) is 0.0161. The molecule has 67 heavy (non-hydrogen) atoms. The zero-order valence-electron chi connectivity index (χ0n) is 36.5. The normalized spacial score (nSPS) is 13.5. The van der Waals surface area contributed by atoms with Crippen LogP contribution >= 0.6 is 0 Å². The minimum Gasteiger partial charge on any atom is -0.344 e. The first kappa shape index (κ1) is 39.6. The third-order valence-electron chi connectivity index (χ3n) is 12.7. The molecule has 0 amide bonds. The number of aromatic nitrogens is 2. The first-order valence-electron chi connectivity index (χ1n) is 22.7. The molecule has 0 saturated heterocycles. The second-order valence-electron chi connectivity index (χ2n) is 16.8. The van der Waals surface area contributed by atoms with E-state index in [1.165, 1.54) is 16.5 Å². The Kier molecular flexibility index (Phi) is 10.2. The number of fused-ring (bicyclic) bond motifs is 2. The molecule has 0 bridgehead atoms. The van der Waals surface area contributed by atoms with Gasteiger partial charge in [0.15, 0.2) is 5.84 Å². The van der Waals surface area contributed by atoms with Crippen molar-refractivity contribution in [1.29, 1.82) is 0 Å². The smallest absolute Gasteiger partial charge is 0.159 e. The molecule has 0 aliphatic carbocycles. The van der Waals surface area contributed by atoms with Crippen LogP contribution in [0.25, 0.3) is 83.4 Å². The summed E-state index contributed by atoms with van der Waals surface area (Å²) in [6.07, 6.45) is -0.322. The Morgan fingerprint density at radius 1 is 0.373 bits per heavy atom. The second kappa shape index (κ2) is 17.2. The van der Waals surface area contributed by atoms with Crippen LogP contribution in [-0.2, 0) is 0 Å². The molecule has 0 spiro atoms. The van der Waals surface area contributed by atoms with Gasteiger partial charge in [0.1, 0.15) is 17.8 Å². The van der Waals surface area contributed by atoms with Gasteiger partial charge in [0.2, 0.25) is 0 Å². The van der Waals surface area contributed by atoms with Gasteiger partial charge in [0.25, 0.3) is 0 Å². The van der Waals surface area contributed by atoms with E-state index in [9.17, 15) is 0 Å². The van der Waals surface area contributed by atoms with Crippen molar-refractivity contribution in [1.82, 2.24) is 14.9 Å². The maximum absolute atomic E-state index is 5.29. The van der Waals surface area contributed by atoms with Crippen LogP contribution < -0.4 is 5.32 Å². The molecule has 1 aromatic heterocycles. The molecule has 1 aliphatic rings. The molecule has 5 heteroatoms. The fourth-order valence-corrected chi connectivity index (χ4v) is 9.52. The molecule has 1 aliphatic heterocycles. The van der Waals surface area contributed by atoms with E-state index in [4.69, 9.17) is 15.0 Å². The van der Waals surface area contributed by atoms with E-state index in [1.54, 1.807) is 0 Å². The lowest BCUT2D eigenvalue weighted by molar-refractivity contribution is 0.674. The van der Waals surface area contributed by atoms with E-state index >= 15 is 0 Å². The zero-order chi connectivity index (χ0) is 44.5. The van der Waals surface area contributed by atoms with Crippen molar-refractivity contribution >= 4 is 33.5 Å². The number of benzene rings is 10. The van der Waals surface area contributed by atoms with Gasteiger partial charge in [-0.15, -0.1) is 0 Å². The highest BCUT2D eigenvalue weighted by Gasteiger charge is 2.24. The predicted octanol–water partition coefficient (Wildman–Crippen LogP) is 15.0. The summed E-state index contributed by atoms with van der Waals surface area (Å²) in [5, 5.41) is 6.07. The topological polar surface area (TPSA) is 54.6 Å². The molecule has 11 aromatic rings. The van der Waals surface area contributed by atoms with Crippen molar-refractivity contribution in [2.24, 2.45) is 9.98 Å². The summed E-state index contributed by atoms with van der Waals surface area (Å²) < 4.78 is 2.26. The largest absolute Gasteiger partial charge is 0.344 e. The quantitative estimate of drug-likeness (QED) is 0.157. The molecular formula is C62H43N5. The number of para-hydroxylation sites is 3. The van der Waals surface area contributed by atoms with Crippen LogP contribution in [-0.4, -0.2) is 21.2 Å². The van der Waals surface area contributed by atoms with Crippen molar-refractivity contribution in [2.75, 3.05) is 0 Å². The first-order chi connectivity index (χ1) is 33.2. The third kappa shape index (κ3) is 7.48. The number of imidazole rings is 1. The Morgan fingerprint density at radius 2 is 0.881 bits per heavy atom. The third-order valence-corrected chi connectivity index (χ3v) is 12.7. The number of nitrogens with one attached hydrogen (secondary N) is 1. The van der Waals surface area contributed by atoms with Crippen molar-refractivity contribution in [2.45, 2.75) is 6.17 Å². The highest BCUT2D eigenvalue weighted by molar-refractivity contribution is 6.17. The molecule has 2 heterocycles. The summed E-state index contributed by atoms with van der Waals surface area (Å²) in [6.45, 7) is 0. The standard InChI is InChI=1S/C62H43N5/c1-4-19-42(20-5-1)43-37-39-45(40-38-43)60-64-59(44-21-6-2-7-22-44)65-61(66-60)56-30-13-12-29-55(56)54-34-18-32-52-51(31-17-33-53(52)54)50-28-11-10-27-49(50)46-23-16-24-47(41-46)62-63-57-35-14-15-36-58(57)67(62)48-25-8-3-9-26-48/h1-41,59H,(H,64,65,66). The van der Waals surface area contributed by atoms with Crippen LogP contribution in [0.3, 0.4) is 0 Å². The SMILES string of the molecule is c1ccc(-c2ccc(C3=NC(c4ccccc4)NC(c4ccccc4-c4cccc5c(-c6ccccc6-c6cccc(-c7nc8ccccc8n7-c7ccccc7)c6)cccc45)=N3)cc2)cc1. The fourth-order valence-electron chi connectivity index (χ4n) is 9.52. The van der Waals surface area contributed by atoms with Gasteiger partial charge in [-0.05, 0) is 91.2 Å². The molecule has 10 aromatic carbocycles. The molecule has 1 atom stereocenters. The lowest BCUT2D eigenvalue weighted by atomic mass is 9.88. The Hall–Kier alpha value is -8.93. The van der Waals surface area contributed by atoms with Gasteiger partial charge in [-0.3, -0.25) is 4.57 Å². The van der Waals surface area contributed by atoms with Crippen LogP contribution in [0.15, 0.2) is 259 Å². The maximum Gasteiger partial charge on any atom is 0.159 e. The van der Waals surface area contributed by atoms with Crippen molar-refractivity contribution in [3.05, 3.63) is 265 Å². The van der Waals surface area contributed by atoms with Gasteiger partial charge >= 0.3 is 0 Å². The lowest BCUT2D eigenvalue weighted by Crippen LogP contribution is -2.33. The van der Waals surface area contributed by atoms with E-state index in [-0.39, 0.29) is 6.17 Å². The Labute approximate surface area is 389 Å². The summed E-state index contributed by atoms with van der Waals surface area (Å²) in [6, 6.07) is 87.7. The average Bonchev–Trinajstić information content (AvgIpc) is 3.81. The number of hydrogen-bond acceptors (Lipinski definition) is 4. The summed E-state index contributed by atoms with van der Waals surface area (Å²) in [7, 11) is 0. The van der Waals surface area contributed by atoms with E-state index < -0.39 is 0 Å². The van der Waals surface area contributed by atoms with Crippen LogP contribution in [0, 0.1) is 0 Å². The van der Waals surface area contributed by atoms with Gasteiger partial charge in [-0.25, -0.2) is 15.0 Å². The maximum atomic E-state index is 5.29. The van der Waals surface area contributed by atoms with E-state index in [0.29, 0.717) is 5.84 Å². The minimum atomic E-state index is -0.322. The van der Waals surface area contributed by atoms with Gasteiger partial charge in [-0.1, -0.05) is 218 Å². The molecule has 316 valence electrons. The first-order valence-corrected chi connectivity index (χ1v) is 22.7. The van der Waals surface area contributed by atoms with Crippen LogP contribution in [0.5, 0.6) is 0 Å². The number of rotatable bonds is 9. The summed E-state index contributed by atoms with van der Waals surface area (Å²) >= 11 is 0. The summed E-state index contributed by atoms with van der Waals surface area (Å²) in [4.78, 5) is 15.7. The van der Waals surface area contributed by atoms with E-state index in [1.807, 2.05) is 12.1 Å². The second-order valence-corrected chi connectivity index (χ2v) is 16.8. The van der Waals surface area contributed by atoms with Gasteiger partial charge in [0.05, 0.1) is 11.0 Å². The van der Waals surface area contributed by atoms with Crippen LogP contribution in [0.2, 0.25) is 0 Å². The Bertz CT molecular complexity index is 3650. The minimum absolute atomic E-state index is 0.322. The molecule has 0 radical (unpaired) electrons. The average molecular weight is 858 g/mol.